The van der Waals surface area contributed by atoms with Crippen molar-refractivity contribution >= 4 is 50.6 Å². The van der Waals surface area contributed by atoms with Crippen LogP contribution in [0.4, 0.5) is 5.82 Å². The molecule has 5 rings (SSSR count). The molecule has 6 heteroatoms. The van der Waals surface area contributed by atoms with Crippen LogP contribution in [0.3, 0.4) is 0 Å². The minimum absolute atomic E-state index is 0.313. The Labute approximate surface area is 190 Å². The largest absolute Gasteiger partial charge is 0.356 e. The highest BCUT2D eigenvalue weighted by molar-refractivity contribution is 7.17. The predicted octanol–water partition coefficient (Wildman–Crippen LogP) is 7.12. The van der Waals surface area contributed by atoms with Crippen molar-refractivity contribution in [1.82, 2.24) is 9.97 Å². The Morgan fingerprint density at radius 1 is 0.933 bits per heavy atom. The van der Waals surface area contributed by atoms with E-state index < -0.39 is 0 Å². The predicted molar refractivity (Wildman–Crippen MR) is 128 cm³/mol. The molecule has 0 saturated carbocycles. The zero-order valence-electron chi connectivity index (χ0n) is 16.4. The molecule has 4 aromatic rings. The molecule has 0 bridgehead atoms. The lowest BCUT2D eigenvalue weighted by Crippen LogP contribution is -2.35. The number of fused-ring (bicyclic) bond motifs is 1. The summed E-state index contributed by atoms with van der Waals surface area (Å²) in [5.74, 6) is 1.66. The molecule has 0 spiro atoms. The third-order valence-corrected chi connectivity index (χ3v) is 7.12. The first-order valence-electron chi connectivity index (χ1n) is 10.2. The van der Waals surface area contributed by atoms with E-state index in [1.54, 1.807) is 11.3 Å². The van der Waals surface area contributed by atoms with Gasteiger partial charge in [0.2, 0.25) is 5.28 Å². The molecule has 1 fully saturated rings. The number of thiophene rings is 1. The number of piperidine rings is 1. The molecule has 0 amide bonds. The Kier molecular flexibility index (Phi) is 5.64. The zero-order valence-corrected chi connectivity index (χ0v) is 18.7. The van der Waals surface area contributed by atoms with Crippen molar-refractivity contribution in [2.45, 2.75) is 19.3 Å². The molecule has 1 aliphatic heterocycles. The molecular weight excluding hydrogens is 433 g/mol. The summed E-state index contributed by atoms with van der Waals surface area (Å²) in [4.78, 5) is 12.5. The quantitative estimate of drug-likeness (QED) is 0.307. The Balaban J connectivity index is 1.43. The van der Waals surface area contributed by atoms with Crippen molar-refractivity contribution < 1.29 is 0 Å². The van der Waals surface area contributed by atoms with Crippen LogP contribution in [0, 0.1) is 5.92 Å². The van der Waals surface area contributed by atoms with Crippen LogP contribution in [-0.4, -0.2) is 23.1 Å². The van der Waals surface area contributed by atoms with Crippen molar-refractivity contribution in [3.63, 3.8) is 0 Å². The number of aromatic nitrogens is 2. The van der Waals surface area contributed by atoms with E-state index in [1.807, 2.05) is 24.3 Å². The summed E-state index contributed by atoms with van der Waals surface area (Å²) in [6, 6.07) is 18.7. The zero-order chi connectivity index (χ0) is 20.5. The minimum Gasteiger partial charge on any atom is -0.356 e. The van der Waals surface area contributed by atoms with E-state index in [1.165, 1.54) is 5.56 Å². The van der Waals surface area contributed by atoms with Gasteiger partial charge in [0.25, 0.3) is 0 Å². The van der Waals surface area contributed by atoms with E-state index in [4.69, 9.17) is 23.2 Å². The number of hydrogen-bond acceptors (Lipinski definition) is 4. The molecule has 3 nitrogen and oxygen atoms in total. The first-order chi connectivity index (χ1) is 14.7. The van der Waals surface area contributed by atoms with Crippen molar-refractivity contribution in [3.8, 4) is 11.1 Å². The molecule has 0 N–H and O–H groups in total. The van der Waals surface area contributed by atoms with Crippen LogP contribution >= 0.6 is 34.5 Å². The minimum atomic E-state index is 0.313. The van der Waals surface area contributed by atoms with Gasteiger partial charge in [0.15, 0.2) is 0 Å². The lowest BCUT2D eigenvalue weighted by Gasteiger charge is -2.33. The van der Waals surface area contributed by atoms with Crippen molar-refractivity contribution in [1.29, 1.82) is 0 Å². The highest BCUT2D eigenvalue weighted by Gasteiger charge is 2.24. The maximum atomic E-state index is 6.30. The molecule has 30 heavy (non-hydrogen) atoms. The summed E-state index contributed by atoms with van der Waals surface area (Å²) in [7, 11) is 0. The van der Waals surface area contributed by atoms with Crippen LogP contribution in [0.15, 0.2) is 60.0 Å². The number of nitrogens with zero attached hydrogens (tertiary/aromatic N) is 3. The van der Waals surface area contributed by atoms with Crippen LogP contribution in [0.1, 0.15) is 18.4 Å². The molecule has 3 heterocycles. The second kappa shape index (κ2) is 8.54. The molecule has 0 unspecified atom stereocenters. The summed E-state index contributed by atoms with van der Waals surface area (Å²) in [5.41, 5.74) is 3.69. The van der Waals surface area contributed by atoms with E-state index in [9.17, 15) is 0 Å². The van der Waals surface area contributed by atoms with Gasteiger partial charge < -0.3 is 4.90 Å². The van der Waals surface area contributed by atoms with Crippen LogP contribution in [0.2, 0.25) is 10.3 Å². The van der Waals surface area contributed by atoms with E-state index in [-0.39, 0.29) is 0 Å². The molecule has 0 radical (unpaired) electrons. The molecule has 2 aromatic heterocycles. The lowest BCUT2D eigenvalue weighted by atomic mass is 9.90. The number of halogens is 2. The summed E-state index contributed by atoms with van der Waals surface area (Å²) in [6.45, 7) is 1.96. The number of hydrogen-bond donors (Lipinski definition) is 0. The van der Waals surface area contributed by atoms with Gasteiger partial charge in [-0.05, 0) is 60.0 Å². The second-order valence-electron chi connectivity index (χ2n) is 7.77. The lowest BCUT2D eigenvalue weighted by molar-refractivity contribution is 0.403. The highest BCUT2D eigenvalue weighted by atomic mass is 35.5. The van der Waals surface area contributed by atoms with E-state index >= 15 is 0 Å². The monoisotopic (exact) mass is 453 g/mol. The average molecular weight is 454 g/mol. The number of anilines is 1. The van der Waals surface area contributed by atoms with Gasteiger partial charge in [-0.25, -0.2) is 4.98 Å². The van der Waals surface area contributed by atoms with Gasteiger partial charge in [0.05, 0.1) is 5.39 Å². The van der Waals surface area contributed by atoms with E-state index in [0.717, 1.165) is 64.5 Å². The van der Waals surface area contributed by atoms with Gasteiger partial charge in [-0.15, -0.1) is 11.3 Å². The topological polar surface area (TPSA) is 29.0 Å². The maximum Gasteiger partial charge on any atom is 0.225 e. The van der Waals surface area contributed by atoms with Crippen LogP contribution in [0.5, 0.6) is 0 Å². The molecule has 1 saturated heterocycles. The Bertz CT molecular complexity index is 1150. The van der Waals surface area contributed by atoms with Crippen molar-refractivity contribution in [3.05, 3.63) is 75.8 Å². The third kappa shape index (κ3) is 4.04. The van der Waals surface area contributed by atoms with Gasteiger partial charge in [0, 0.05) is 29.1 Å². The molecule has 2 aromatic carbocycles. The van der Waals surface area contributed by atoms with E-state index in [2.05, 4.69) is 50.6 Å². The Morgan fingerprint density at radius 3 is 2.40 bits per heavy atom. The third-order valence-electron chi connectivity index (χ3n) is 5.82. The Morgan fingerprint density at radius 2 is 1.67 bits per heavy atom. The normalized spacial score (nSPS) is 15.1. The maximum absolute atomic E-state index is 6.30. The summed E-state index contributed by atoms with van der Waals surface area (Å²) >= 11 is 14.0. The smallest absolute Gasteiger partial charge is 0.225 e. The van der Waals surface area contributed by atoms with Crippen molar-refractivity contribution in [2.24, 2.45) is 5.92 Å². The fourth-order valence-electron chi connectivity index (χ4n) is 4.27. The fourth-order valence-corrected chi connectivity index (χ4v) is 5.55. The second-order valence-corrected chi connectivity index (χ2v) is 9.41. The average Bonchev–Trinajstić information content (AvgIpc) is 3.19. The number of rotatable bonds is 4. The van der Waals surface area contributed by atoms with Crippen LogP contribution in [0.25, 0.3) is 21.3 Å². The molecule has 0 aliphatic carbocycles. The first kappa shape index (κ1) is 19.8. The highest BCUT2D eigenvalue weighted by Crippen LogP contribution is 2.40. The van der Waals surface area contributed by atoms with Gasteiger partial charge in [-0.1, -0.05) is 54.1 Å². The summed E-state index contributed by atoms with van der Waals surface area (Å²) < 4.78 is 0. The molecule has 0 atom stereocenters. The molecule has 152 valence electrons. The van der Waals surface area contributed by atoms with E-state index in [0.29, 0.717) is 11.2 Å². The fraction of sp³-hybridized carbons (Fsp3) is 0.250. The van der Waals surface area contributed by atoms with Crippen molar-refractivity contribution in [2.75, 3.05) is 18.0 Å². The standard InChI is InChI=1S/C24H21Cl2N3S/c25-19-8-6-18(7-9-19)20-15-30-23-21(20)22(27-24(26)28-23)29-12-10-17(11-13-29)14-16-4-2-1-3-5-16/h1-9,15,17H,10-14H2. The van der Waals surface area contributed by atoms with Gasteiger partial charge in [0.1, 0.15) is 10.6 Å². The SMILES string of the molecule is Clc1ccc(-c2csc3nc(Cl)nc(N4CCC(Cc5ccccc5)CC4)c23)cc1. The summed E-state index contributed by atoms with van der Waals surface area (Å²) in [6.07, 6.45) is 3.44. The van der Waals surface area contributed by atoms with Gasteiger partial charge in [-0.2, -0.15) is 4.98 Å². The summed E-state index contributed by atoms with van der Waals surface area (Å²) in [5, 5.41) is 4.28. The Hall–Kier alpha value is -2.14. The first-order valence-corrected chi connectivity index (χ1v) is 11.8. The van der Waals surface area contributed by atoms with Gasteiger partial charge in [-0.3, -0.25) is 0 Å². The molecular formula is C24H21Cl2N3S. The van der Waals surface area contributed by atoms with Crippen LogP contribution < -0.4 is 4.90 Å². The molecule has 1 aliphatic rings. The van der Waals surface area contributed by atoms with Crippen LogP contribution in [-0.2, 0) is 6.42 Å². The number of benzene rings is 2. The van der Waals surface area contributed by atoms with Gasteiger partial charge >= 0.3 is 0 Å².